The minimum Gasteiger partial charge on any atom is -0.310 e. The van der Waals surface area contributed by atoms with Crippen molar-refractivity contribution in [3.05, 3.63) is 68.9 Å². The minimum atomic E-state index is -0.189. The highest BCUT2D eigenvalue weighted by Crippen LogP contribution is 2.20. The summed E-state index contributed by atoms with van der Waals surface area (Å²) < 4.78 is 14.6. The Morgan fingerprint density at radius 3 is 2.55 bits per heavy atom. The van der Waals surface area contributed by atoms with E-state index in [2.05, 4.69) is 21.2 Å². The molecule has 1 nitrogen and oxygen atoms in total. The van der Waals surface area contributed by atoms with Gasteiger partial charge in [-0.05, 0) is 49.7 Å². The van der Waals surface area contributed by atoms with Gasteiger partial charge in [0.15, 0.2) is 0 Å². The minimum absolute atomic E-state index is 0.0181. The maximum Gasteiger partial charge on any atom is 0.129 e. The standard InChI is InChI=1S/C16H16BrClFN/c1-11(15-7-4-13(17)10-16(15)19)20-9-8-12-2-5-14(18)6-3-12/h2-7,10-11,20H,8-9H2,1H3. The Balaban J connectivity index is 1.88. The fourth-order valence-electron chi connectivity index (χ4n) is 2.05. The third-order valence-electron chi connectivity index (χ3n) is 3.21. The van der Waals surface area contributed by atoms with Gasteiger partial charge in [0.1, 0.15) is 5.82 Å². The van der Waals surface area contributed by atoms with Gasteiger partial charge in [0, 0.05) is 21.1 Å². The first-order valence-electron chi connectivity index (χ1n) is 6.49. The molecule has 4 heteroatoms. The first-order valence-corrected chi connectivity index (χ1v) is 7.66. The maximum absolute atomic E-state index is 13.8. The summed E-state index contributed by atoms with van der Waals surface area (Å²) in [6.45, 7) is 2.76. The van der Waals surface area contributed by atoms with Crippen LogP contribution in [0, 0.1) is 5.82 Å². The van der Waals surface area contributed by atoms with Crippen molar-refractivity contribution in [3.63, 3.8) is 0 Å². The van der Waals surface area contributed by atoms with Crippen LogP contribution in [0.3, 0.4) is 0 Å². The lowest BCUT2D eigenvalue weighted by Gasteiger charge is -2.15. The third kappa shape index (κ3) is 4.30. The monoisotopic (exact) mass is 355 g/mol. The molecule has 20 heavy (non-hydrogen) atoms. The van der Waals surface area contributed by atoms with Crippen LogP contribution < -0.4 is 5.32 Å². The van der Waals surface area contributed by atoms with E-state index < -0.39 is 0 Å². The van der Waals surface area contributed by atoms with Gasteiger partial charge in [-0.3, -0.25) is 0 Å². The molecule has 0 aliphatic heterocycles. The second-order valence-electron chi connectivity index (χ2n) is 4.72. The molecule has 0 aromatic heterocycles. The molecule has 1 atom stereocenters. The zero-order chi connectivity index (χ0) is 14.5. The van der Waals surface area contributed by atoms with Gasteiger partial charge in [0.25, 0.3) is 0 Å². The number of nitrogens with one attached hydrogen (secondary N) is 1. The first-order chi connectivity index (χ1) is 9.56. The zero-order valence-corrected chi connectivity index (χ0v) is 13.5. The second kappa shape index (κ2) is 7.21. The summed E-state index contributed by atoms with van der Waals surface area (Å²) in [6, 6.07) is 12.9. The summed E-state index contributed by atoms with van der Waals surface area (Å²) in [4.78, 5) is 0. The molecule has 0 amide bonds. The van der Waals surface area contributed by atoms with Crippen LogP contribution in [-0.2, 0) is 6.42 Å². The van der Waals surface area contributed by atoms with Gasteiger partial charge in [0.2, 0.25) is 0 Å². The SMILES string of the molecule is CC(NCCc1ccc(Cl)cc1)c1ccc(Br)cc1F. The smallest absolute Gasteiger partial charge is 0.129 e. The molecule has 2 aromatic rings. The fourth-order valence-corrected chi connectivity index (χ4v) is 2.51. The summed E-state index contributed by atoms with van der Waals surface area (Å²) >= 11 is 9.11. The van der Waals surface area contributed by atoms with E-state index in [4.69, 9.17) is 11.6 Å². The Bertz CT molecular complexity index is 571. The molecule has 0 aliphatic carbocycles. The molecular weight excluding hydrogens is 341 g/mol. The lowest BCUT2D eigenvalue weighted by Crippen LogP contribution is -2.22. The van der Waals surface area contributed by atoms with Crippen LogP contribution in [0.15, 0.2) is 46.9 Å². The predicted molar refractivity (Wildman–Crippen MR) is 85.7 cm³/mol. The highest BCUT2D eigenvalue weighted by Gasteiger charge is 2.10. The van der Waals surface area contributed by atoms with E-state index in [0.29, 0.717) is 5.56 Å². The van der Waals surface area contributed by atoms with Gasteiger partial charge in [-0.2, -0.15) is 0 Å². The second-order valence-corrected chi connectivity index (χ2v) is 6.07. The number of hydrogen-bond donors (Lipinski definition) is 1. The normalized spacial score (nSPS) is 12.4. The Kier molecular flexibility index (Phi) is 5.58. The molecule has 0 fully saturated rings. The van der Waals surface area contributed by atoms with E-state index >= 15 is 0 Å². The molecule has 2 rings (SSSR count). The van der Waals surface area contributed by atoms with Crippen LogP contribution in [0.5, 0.6) is 0 Å². The van der Waals surface area contributed by atoms with E-state index in [1.54, 1.807) is 6.07 Å². The Morgan fingerprint density at radius 1 is 1.20 bits per heavy atom. The van der Waals surface area contributed by atoms with E-state index in [1.165, 1.54) is 11.6 Å². The van der Waals surface area contributed by atoms with Crippen molar-refractivity contribution in [2.45, 2.75) is 19.4 Å². The maximum atomic E-state index is 13.8. The van der Waals surface area contributed by atoms with Crippen LogP contribution >= 0.6 is 27.5 Å². The van der Waals surface area contributed by atoms with Gasteiger partial charge in [-0.15, -0.1) is 0 Å². The largest absolute Gasteiger partial charge is 0.310 e. The third-order valence-corrected chi connectivity index (χ3v) is 3.95. The van der Waals surface area contributed by atoms with Crippen molar-refractivity contribution in [1.29, 1.82) is 0 Å². The molecule has 0 bridgehead atoms. The molecular formula is C16H16BrClFN. The van der Waals surface area contributed by atoms with Crippen molar-refractivity contribution in [2.75, 3.05) is 6.54 Å². The number of benzene rings is 2. The average Bonchev–Trinajstić information content (AvgIpc) is 2.41. The van der Waals surface area contributed by atoms with Gasteiger partial charge < -0.3 is 5.32 Å². The molecule has 0 saturated heterocycles. The Morgan fingerprint density at radius 2 is 1.90 bits per heavy atom. The van der Waals surface area contributed by atoms with Crippen molar-refractivity contribution in [2.24, 2.45) is 0 Å². The summed E-state index contributed by atoms with van der Waals surface area (Å²) in [7, 11) is 0. The van der Waals surface area contributed by atoms with Gasteiger partial charge >= 0.3 is 0 Å². The molecule has 106 valence electrons. The molecule has 2 aromatic carbocycles. The molecule has 0 spiro atoms. The van der Waals surface area contributed by atoms with Crippen LogP contribution in [-0.4, -0.2) is 6.54 Å². The van der Waals surface area contributed by atoms with Gasteiger partial charge in [0.05, 0.1) is 0 Å². The number of halogens is 3. The molecule has 0 radical (unpaired) electrons. The topological polar surface area (TPSA) is 12.0 Å². The number of rotatable bonds is 5. The van der Waals surface area contributed by atoms with Crippen LogP contribution in [0.4, 0.5) is 4.39 Å². The van der Waals surface area contributed by atoms with E-state index in [-0.39, 0.29) is 11.9 Å². The van der Waals surface area contributed by atoms with Crippen molar-refractivity contribution in [3.8, 4) is 0 Å². The van der Waals surface area contributed by atoms with E-state index in [0.717, 1.165) is 22.5 Å². The lowest BCUT2D eigenvalue weighted by atomic mass is 10.1. The highest BCUT2D eigenvalue weighted by molar-refractivity contribution is 9.10. The highest BCUT2D eigenvalue weighted by atomic mass is 79.9. The van der Waals surface area contributed by atoms with E-state index in [1.807, 2.05) is 37.3 Å². The predicted octanol–water partition coefficient (Wildman–Crippen LogP) is 5.13. The summed E-state index contributed by atoms with van der Waals surface area (Å²) in [5.41, 5.74) is 1.90. The van der Waals surface area contributed by atoms with E-state index in [9.17, 15) is 4.39 Å². The van der Waals surface area contributed by atoms with Crippen LogP contribution in [0.2, 0.25) is 5.02 Å². The van der Waals surface area contributed by atoms with Gasteiger partial charge in [-0.1, -0.05) is 45.7 Å². The fraction of sp³-hybridized carbons (Fsp3) is 0.250. The summed E-state index contributed by atoms with van der Waals surface area (Å²) in [5.74, 6) is -0.189. The van der Waals surface area contributed by atoms with Crippen molar-refractivity contribution < 1.29 is 4.39 Å². The molecule has 1 N–H and O–H groups in total. The quantitative estimate of drug-likeness (QED) is 0.782. The Hall–Kier alpha value is -0.900. The molecule has 1 unspecified atom stereocenters. The van der Waals surface area contributed by atoms with Crippen molar-refractivity contribution >= 4 is 27.5 Å². The van der Waals surface area contributed by atoms with Gasteiger partial charge in [-0.25, -0.2) is 4.39 Å². The van der Waals surface area contributed by atoms with Crippen LogP contribution in [0.25, 0.3) is 0 Å². The summed E-state index contributed by atoms with van der Waals surface area (Å²) in [5, 5.41) is 4.08. The average molecular weight is 357 g/mol. The lowest BCUT2D eigenvalue weighted by molar-refractivity contribution is 0.530. The molecule has 0 heterocycles. The molecule has 0 aliphatic rings. The Labute approximate surface area is 132 Å². The first kappa shape index (κ1) is 15.5. The van der Waals surface area contributed by atoms with Crippen LogP contribution in [0.1, 0.15) is 24.1 Å². The number of hydrogen-bond acceptors (Lipinski definition) is 1. The summed E-state index contributed by atoms with van der Waals surface area (Å²) in [6.07, 6.45) is 0.889. The van der Waals surface area contributed by atoms with Crippen molar-refractivity contribution in [1.82, 2.24) is 5.32 Å². The zero-order valence-electron chi connectivity index (χ0n) is 11.2. The molecule has 0 saturated carbocycles.